The second kappa shape index (κ2) is 6.29. The van der Waals surface area contributed by atoms with E-state index in [9.17, 15) is 9.59 Å². The molecule has 7 nitrogen and oxygen atoms in total. The monoisotopic (exact) mass is 321 g/mol. The molecule has 2 amide bonds. The van der Waals surface area contributed by atoms with Crippen molar-refractivity contribution in [3.8, 4) is 0 Å². The highest BCUT2D eigenvalue weighted by Crippen LogP contribution is 2.23. The maximum Gasteiger partial charge on any atom is 0.229 e. The summed E-state index contributed by atoms with van der Waals surface area (Å²) in [5, 5.41) is 7.67. The summed E-state index contributed by atoms with van der Waals surface area (Å²) < 4.78 is 1.62. The Morgan fingerprint density at radius 2 is 1.78 bits per heavy atom. The molecule has 2 atom stereocenters. The van der Waals surface area contributed by atoms with Crippen LogP contribution in [0.5, 0.6) is 0 Å². The third-order valence-corrected chi connectivity index (χ3v) is 4.28. The Morgan fingerprint density at radius 1 is 1.22 bits per heavy atom. The molecule has 0 aliphatic carbocycles. The number of rotatable bonds is 2. The van der Waals surface area contributed by atoms with Gasteiger partial charge in [-0.25, -0.2) is 0 Å². The standard InChI is InChI=1S/C16H27N5O2/c1-11-9-20(15(23)16(3,4)5)10-12(2)21(11)14(22)7-13-8-17-18-19(13)6/h8,11-12H,7,9-10H2,1-6H3/t11-,12+. The Kier molecular flexibility index (Phi) is 4.77. The first-order valence-electron chi connectivity index (χ1n) is 8.05. The second-order valence-electron chi connectivity index (χ2n) is 7.48. The molecule has 0 aromatic carbocycles. The van der Waals surface area contributed by atoms with Crippen LogP contribution in [0.3, 0.4) is 0 Å². The third-order valence-electron chi connectivity index (χ3n) is 4.28. The van der Waals surface area contributed by atoms with Gasteiger partial charge in [0.2, 0.25) is 11.8 Å². The van der Waals surface area contributed by atoms with Gasteiger partial charge < -0.3 is 9.80 Å². The molecule has 2 heterocycles. The van der Waals surface area contributed by atoms with E-state index in [0.29, 0.717) is 13.1 Å². The molecule has 0 spiro atoms. The van der Waals surface area contributed by atoms with Crippen LogP contribution in [0.2, 0.25) is 0 Å². The number of piperazine rings is 1. The normalized spacial score (nSPS) is 22.3. The highest BCUT2D eigenvalue weighted by molar-refractivity contribution is 5.83. The van der Waals surface area contributed by atoms with E-state index in [1.54, 1.807) is 17.9 Å². The predicted molar refractivity (Wildman–Crippen MR) is 86.5 cm³/mol. The van der Waals surface area contributed by atoms with Gasteiger partial charge in [-0.3, -0.25) is 14.3 Å². The maximum atomic E-state index is 12.7. The fourth-order valence-electron chi connectivity index (χ4n) is 3.17. The summed E-state index contributed by atoms with van der Waals surface area (Å²) >= 11 is 0. The van der Waals surface area contributed by atoms with Crippen molar-refractivity contribution in [2.24, 2.45) is 12.5 Å². The molecule has 0 bridgehead atoms. The largest absolute Gasteiger partial charge is 0.338 e. The minimum Gasteiger partial charge on any atom is -0.338 e. The number of aryl methyl sites for hydroxylation is 1. The summed E-state index contributed by atoms with van der Waals surface area (Å²) in [4.78, 5) is 28.9. The molecule has 0 unspecified atom stereocenters. The summed E-state index contributed by atoms with van der Waals surface area (Å²) in [6.45, 7) is 10.9. The molecule has 2 rings (SSSR count). The highest BCUT2D eigenvalue weighted by Gasteiger charge is 2.37. The summed E-state index contributed by atoms with van der Waals surface area (Å²) in [6.07, 6.45) is 1.90. The fraction of sp³-hybridized carbons (Fsp3) is 0.750. The number of carbonyl (C=O) groups excluding carboxylic acids is 2. The minimum atomic E-state index is -0.397. The first kappa shape index (κ1) is 17.4. The molecular formula is C16H27N5O2. The SMILES string of the molecule is C[C@@H]1CN(C(=O)C(C)(C)C)C[C@H](C)N1C(=O)Cc1cnnn1C. The smallest absolute Gasteiger partial charge is 0.229 e. The molecule has 1 aliphatic rings. The third kappa shape index (κ3) is 3.71. The van der Waals surface area contributed by atoms with Crippen LogP contribution >= 0.6 is 0 Å². The molecule has 1 saturated heterocycles. The Bertz CT molecular complexity index is 578. The van der Waals surface area contributed by atoms with Gasteiger partial charge in [-0.05, 0) is 13.8 Å². The molecule has 0 radical (unpaired) electrons. The Balaban J connectivity index is 2.07. The maximum absolute atomic E-state index is 12.7. The van der Waals surface area contributed by atoms with Crippen LogP contribution in [-0.2, 0) is 23.1 Å². The van der Waals surface area contributed by atoms with E-state index in [4.69, 9.17) is 0 Å². The van der Waals surface area contributed by atoms with Crippen LogP contribution in [-0.4, -0.2) is 61.8 Å². The molecule has 23 heavy (non-hydrogen) atoms. The highest BCUT2D eigenvalue weighted by atomic mass is 16.2. The lowest BCUT2D eigenvalue weighted by Gasteiger charge is -2.46. The zero-order valence-electron chi connectivity index (χ0n) is 14.9. The quantitative estimate of drug-likeness (QED) is 0.810. The van der Waals surface area contributed by atoms with E-state index < -0.39 is 5.41 Å². The van der Waals surface area contributed by atoms with Crippen LogP contribution in [0.4, 0.5) is 0 Å². The Labute approximate surface area is 137 Å². The van der Waals surface area contributed by atoms with Crippen LogP contribution in [0.15, 0.2) is 6.20 Å². The lowest BCUT2D eigenvalue weighted by Crippen LogP contribution is -2.61. The van der Waals surface area contributed by atoms with Crippen molar-refractivity contribution in [1.82, 2.24) is 24.8 Å². The van der Waals surface area contributed by atoms with Crippen LogP contribution in [0.25, 0.3) is 0 Å². The van der Waals surface area contributed by atoms with Crippen LogP contribution in [0, 0.1) is 5.41 Å². The van der Waals surface area contributed by atoms with Gasteiger partial charge >= 0.3 is 0 Å². The van der Waals surface area contributed by atoms with E-state index in [-0.39, 0.29) is 30.3 Å². The van der Waals surface area contributed by atoms with Gasteiger partial charge in [-0.2, -0.15) is 0 Å². The topological polar surface area (TPSA) is 71.3 Å². The Hall–Kier alpha value is -1.92. The molecule has 7 heteroatoms. The van der Waals surface area contributed by atoms with Gasteiger partial charge in [0, 0.05) is 37.6 Å². The number of amides is 2. The van der Waals surface area contributed by atoms with Gasteiger partial charge in [0.05, 0.1) is 18.3 Å². The zero-order chi connectivity index (χ0) is 17.4. The molecule has 1 aromatic heterocycles. The van der Waals surface area contributed by atoms with Crippen molar-refractivity contribution in [2.45, 2.75) is 53.1 Å². The van der Waals surface area contributed by atoms with Gasteiger partial charge in [0.25, 0.3) is 0 Å². The Morgan fingerprint density at radius 3 is 2.22 bits per heavy atom. The van der Waals surface area contributed by atoms with Gasteiger partial charge in [-0.15, -0.1) is 5.10 Å². The number of carbonyl (C=O) groups is 2. The van der Waals surface area contributed by atoms with E-state index in [1.165, 1.54) is 0 Å². The lowest BCUT2D eigenvalue weighted by molar-refractivity contribution is -0.150. The van der Waals surface area contributed by atoms with Crippen LogP contribution < -0.4 is 0 Å². The number of hydrogen-bond donors (Lipinski definition) is 0. The van der Waals surface area contributed by atoms with Gasteiger partial charge in [0.15, 0.2) is 0 Å². The van der Waals surface area contributed by atoms with E-state index in [0.717, 1.165) is 5.69 Å². The van der Waals surface area contributed by atoms with E-state index >= 15 is 0 Å². The number of aromatic nitrogens is 3. The summed E-state index contributed by atoms with van der Waals surface area (Å²) in [7, 11) is 1.78. The number of hydrogen-bond acceptors (Lipinski definition) is 4. The summed E-state index contributed by atoms with van der Waals surface area (Å²) in [6, 6.07) is -0.00234. The zero-order valence-corrected chi connectivity index (χ0v) is 14.9. The first-order valence-corrected chi connectivity index (χ1v) is 8.05. The fourth-order valence-corrected chi connectivity index (χ4v) is 3.17. The summed E-state index contributed by atoms with van der Waals surface area (Å²) in [5.74, 6) is 0.192. The molecule has 0 N–H and O–H groups in total. The average molecular weight is 321 g/mol. The molecule has 0 saturated carbocycles. The van der Waals surface area contributed by atoms with E-state index in [1.807, 2.05) is 44.4 Å². The minimum absolute atomic E-state index is 0.00117. The van der Waals surface area contributed by atoms with Crippen molar-refractivity contribution < 1.29 is 9.59 Å². The lowest BCUT2D eigenvalue weighted by atomic mass is 9.93. The summed E-state index contributed by atoms with van der Waals surface area (Å²) in [5.41, 5.74) is 0.397. The van der Waals surface area contributed by atoms with Gasteiger partial charge in [0.1, 0.15) is 0 Å². The van der Waals surface area contributed by atoms with Gasteiger partial charge in [-0.1, -0.05) is 26.0 Å². The molecular weight excluding hydrogens is 294 g/mol. The van der Waals surface area contributed by atoms with Crippen molar-refractivity contribution in [2.75, 3.05) is 13.1 Å². The predicted octanol–water partition coefficient (Wildman–Crippen LogP) is 0.851. The van der Waals surface area contributed by atoms with Crippen LogP contribution in [0.1, 0.15) is 40.3 Å². The van der Waals surface area contributed by atoms with Crippen molar-refractivity contribution in [3.63, 3.8) is 0 Å². The van der Waals surface area contributed by atoms with Crippen molar-refractivity contribution in [1.29, 1.82) is 0 Å². The van der Waals surface area contributed by atoms with Crippen molar-refractivity contribution in [3.05, 3.63) is 11.9 Å². The molecule has 1 aromatic rings. The average Bonchev–Trinajstić information content (AvgIpc) is 2.81. The second-order valence-corrected chi connectivity index (χ2v) is 7.48. The van der Waals surface area contributed by atoms with Crippen molar-refractivity contribution >= 4 is 11.8 Å². The number of nitrogens with zero attached hydrogens (tertiary/aromatic N) is 5. The molecule has 1 aliphatic heterocycles. The molecule has 128 valence electrons. The first-order chi connectivity index (χ1) is 10.6. The van der Waals surface area contributed by atoms with E-state index in [2.05, 4.69) is 10.3 Å². The molecule has 1 fully saturated rings.